The predicted octanol–water partition coefficient (Wildman–Crippen LogP) is 4.31. The van der Waals surface area contributed by atoms with E-state index in [1.165, 1.54) is 11.3 Å². The molecule has 8 heteroatoms. The number of nitrogens with zero attached hydrogens (tertiary/aromatic N) is 2. The normalized spacial score (nSPS) is 15.3. The number of methoxy groups -OCH3 is 4. The standard InChI is InChI=1S/C24H24N2O6/c1-28-17-8-5-7-15(11-17)18-14-19(26(25-18)24(27)20-9-6-10-32-20)16-12-21(29-2)23(31-4)22(13-16)30-3/h5-13,19H,14H2,1-4H3. The predicted molar refractivity (Wildman–Crippen MR) is 118 cm³/mol. The van der Waals surface area contributed by atoms with Crippen LogP contribution >= 0.6 is 0 Å². The molecule has 32 heavy (non-hydrogen) atoms. The van der Waals surface area contributed by atoms with Crippen LogP contribution in [0, 0.1) is 0 Å². The quantitative estimate of drug-likeness (QED) is 0.549. The topological polar surface area (TPSA) is 82.7 Å². The van der Waals surface area contributed by atoms with E-state index in [2.05, 4.69) is 5.10 Å². The summed E-state index contributed by atoms with van der Waals surface area (Å²) in [5.74, 6) is 2.06. The minimum Gasteiger partial charge on any atom is -0.497 e. The van der Waals surface area contributed by atoms with Gasteiger partial charge in [-0.05, 0) is 42.0 Å². The van der Waals surface area contributed by atoms with Crippen molar-refractivity contribution < 1.29 is 28.2 Å². The lowest BCUT2D eigenvalue weighted by atomic mass is 9.97. The zero-order chi connectivity index (χ0) is 22.7. The van der Waals surface area contributed by atoms with E-state index in [0.29, 0.717) is 29.4 Å². The average Bonchev–Trinajstić information content (AvgIpc) is 3.53. The van der Waals surface area contributed by atoms with Crippen LogP contribution in [0.3, 0.4) is 0 Å². The molecule has 2 heterocycles. The molecular formula is C24H24N2O6. The average molecular weight is 436 g/mol. The summed E-state index contributed by atoms with van der Waals surface area (Å²) >= 11 is 0. The van der Waals surface area contributed by atoms with Gasteiger partial charge in [0, 0.05) is 12.0 Å². The number of hydrogen-bond donors (Lipinski definition) is 0. The zero-order valence-corrected chi connectivity index (χ0v) is 18.3. The first-order chi connectivity index (χ1) is 15.6. The van der Waals surface area contributed by atoms with E-state index in [1.54, 1.807) is 40.6 Å². The van der Waals surface area contributed by atoms with Crippen LogP contribution < -0.4 is 18.9 Å². The number of amides is 1. The lowest BCUT2D eigenvalue weighted by molar-refractivity contribution is 0.0678. The molecule has 0 saturated heterocycles. The summed E-state index contributed by atoms with van der Waals surface area (Å²) in [6, 6.07) is 14.1. The first-order valence-electron chi connectivity index (χ1n) is 9.98. The Morgan fingerprint density at radius 1 is 0.969 bits per heavy atom. The van der Waals surface area contributed by atoms with Crippen LogP contribution in [0.25, 0.3) is 0 Å². The smallest absolute Gasteiger partial charge is 0.310 e. The second kappa shape index (κ2) is 9.05. The molecular weight excluding hydrogens is 412 g/mol. The van der Waals surface area contributed by atoms with E-state index in [0.717, 1.165) is 16.8 Å². The van der Waals surface area contributed by atoms with E-state index in [1.807, 2.05) is 36.4 Å². The molecule has 166 valence electrons. The monoisotopic (exact) mass is 436 g/mol. The fourth-order valence-electron chi connectivity index (χ4n) is 3.74. The molecule has 0 fully saturated rings. The third kappa shape index (κ3) is 3.87. The fourth-order valence-corrected chi connectivity index (χ4v) is 3.74. The zero-order valence-electron chi connectivity index (χ0n) is 18.3. The highest BCUT2D eigenvalue weighted by Gasteiger charge is 2.36. The van der Waals surface area contributed by atoms with Crippen molar-refractivity contribution in [1.29, 1.82) is 0 Å². The van der Waals surface area contributed by atoms with Crippen molar-refractivity contribution >= 4 is 11.6 Å². The van der Waals surface area contributed by atoms with Gasteiger partial charge in [-0.3, -0.25) is 4.79 Å². The van der Waals surface area contributed by atoms with Crippen LogP contribution in [0.1, 0.15) is 34.1 Å². The van der Waals surface area contributed by atoms with E-state index in [-0.39, 0.29) is 11.7 Å². The molecule has 2 aromatic carbocycles. The summed E-state index contributed by atoms with van der Waals surface area (Å²) in [4.78, 5) is 13.2. The largest absolute Gasteiger partial charge is 0.497 e. The molecule has 0 spiro atoms. The number of furan rings is 1. The van der Waals surface area contributed by atoms with Crippen LogP contribution in [-0.2, 0) is 0 Å². The van der Waals surface area contributed by atoms with Crippen molar-refractivity contribution in [2.45, 2.75) is 12.5 Å². The number of hydrazone groups is 1. The lowest BCUT2D eigenvalue weighted by Gasteiger charge is -2.23. The van der Waals surface area contributed by atoms with Gasteiger partial charge in [0.25, 0.3) is 0 Å². The molecule has 0 aliphatic carbocycles. The van der Waals surface area contributed by atoms with Crippen LogP contribution in [0.2, 0.25) is 0 Å². The summed E-state index contributed by atoms with van der Waals surface area (Å²) in [6.45, 7) is 0. The molecule has 1 amide bonds. The van der Waals surface area contributed by atoms with Gasteiger partial charge < -0.3 is 23.4 Å². The minimum absolute atomic E-state index is 0.207. The minimum atomic E-state index is -0.400. The SMILES string of the molecule is COc1cccc(C2=NN(C(=O)c3ccco3)C(c3cc(OC)c(OC)c(OC)c3)C2)c1. The number of rotatable bonds is 7. The highest BCUT2D eigenvalue weighted by atomic mass is 16.5. The maximum absolute atomic E-state index is 13.2. The second-order valence-corrected chi connectivity index (χ2v) is 7.08. The van der Waals surface area contributed by atoms with Gasteiger partial charge in [0.15, 0.2) is 17.3 Å². The summed E-state index contributed by atoms with van der Waals surface area (Å²) < 4.78 is 27.1. The second-order valence-electron chi connectivity index (χ2n) is 7.08. The highest BCUT2D eigenvalue weighted by molar-refractivity contribution is 6.04. The van der Waals surface area contributed by atoms with Crippen LogP contribution in [0.5, 0.6) is 23.0 Å². The third-order valence-corrected chi connectivity index (χ3v) is 5.33. The van der Waals surface area contributed by atoms with Gasteiger partial charge in [-0.25, -0.2) is 5.01 Å². The first-order valence-corrected chi connectivity index (χ1v) is 9.98. The molecule has 3 aromatic rings. The lowest BCUT2D eigenvalue weighted by Crippen LogP contribution is -2.26. The fraction of sp³-hybridized carbons (Fsp3) is 0.250. The maximum Gasteiger partial charge on any atom is 0.310 e. The van der Waals surface area contributed by atoms with Crippen molar-refractivity contribution in [3.8, 4) is 23.0 Å². The Labute approximate surface area is 185 Å². The Morgan fingerprint density at radius 3 is 2.31 bits per heavy atom. The Morgan fingerprint density at radius 2 is 1.72 bits per heavy atom. The van der Waals surface area contributed by atoms with Gasteiger partial charge in [0.1, 0.15) is 5.75 Å². The Balaban J connectivity index is 1.79. The van der Waals surface area contributed by atoms with E-state index in [9.17, 15) is 4.79 Å². The summed E-state index contributed by atoms with van der Waals surface area (Å²) in [7, 11) is 6.27. The van der Waals surface area contributed by atoms with Crippen molar-refractivity contribution in [3.05, 3.63) is 71.7 Å². The van der Waals surface area contributed by atoms with Gasteiger partial charge >= 0.3 is 5.91 Å². The Kier molecular flexibility index (Phi) is 6.02. The summed E-state index contributed by atoms with van der Waals surface area (Å²) in [5.41, 5.74) is 2.42. The van der Waals surface area contributed by atoms with Gasteiger partial charge in [-0.15, -0.1) is 0 Å². The molecule has 1 aliphatic heterocycles. The van der Waals surface area contributed by atoms with Crippen LogP contribution in [0.15, 0.2) is 64.3 Å². The van der Waals surface area contributed by atoms with Crippen molar-refractivity contribution in [2.75, 3.05) is 28.4 Å². The maximum atomic E-state index is 13.2. The first kappa shape index (κ1) is 21.3. The third-order valence-electron chi connectivity index (χ3n) is 5.33. The summed E-state index contributed by atoms with van der Waals surface area (Å²) in [5, 5.41) is 6.11. The van der Waals surface area contributed by atoms with Crippen molar-refractivity contribution in [3.63, 3.8) is 0 Å². The Bertz CT molecular complexity index is 1110. The van der Waals surface area contributed by atoms with E-state index < -0.39 is 6.04 Å². The van der Waals surface area contributed by atoms with Gasteiger partial charge in [-0.1, -0.05) is 12.1 Å². The van der Waals surface area contributed by atoms with Crippen LogP contribution in [-0.4, -0.2) is 45.1 Å². The molecule has 8 nitrogen and oxygen atoms in total. The van der Waals surface area contributed by atoms with Gasteiger partial charge in [0.05, 0.1) is 46.5 Å². The van der Waals surface area contributed by atoms with E-state index in [4.69, 9.17) is 23.4 Å². The molecule has 1 atom stereocenters. The molecule has 1 unspecified atom stereocenters. The van der Waals surface area contributed by atoms with E-state index >= 15 is 0 Å². The molecule has 0 N–H and O–H groups in total. The number of ether oxygens (including phenoxy) is 4. The van der Waals surface area contributed by atoms with Crippen molar-refractivity contribution in [2.24, 2.45) is 5.10 Å². The summed E-state index contributed by atoms with van der Waals surface area (Å²) in [6.07, 6.45) is 1.95. The number of benzene rings is 2. The highest BCUT2D eigenvalue weighted by Crippen LogP contribution is 2.43. The molecule has 0 bridgehead atoms. The van der Waals surface area contributed by atoms with Gasteiger partial charge in [0.2, 0.25) is 5.75 Å². The molecule has 4 rings (SSSR count). The number of carbonyl (C=O) groups excluding carboxylic acids is 1. The molecule has 1 aromatic heterocycles. The number of carbonyl (C=O) groups is 1. The molecule has 0 radical (unpaired) electrons. The molecule has 0 saturated carbocycles. The van der Waals surface area contributed by atoms with Crippen LogP contribution in [0.4, 0.5) is 0 Å². The van der Waals surface area contributed by atoms with Gasteiger partial charge in [-0.2, -0.15) is 5.10 Å². The molecule has 1 aliphatic rings. The number of hydrogen-bond acceptors (Lipinski definition) is 7. The Hall–Kier alpha value is -3.94. The van der Waals surface area contributed by atoms with Crippen molar-refractivity contribution in [1.82, 2.24) is 5.01 Å².